The van der Waals surface area contributed by atoms with Gasteiger partial charge in [-0.3, -0.25) is 20.3 Å². The SMILES string of the molecule is Cc1ccc([N+](=O)[O-])cc1C(=O)NNC(N)=O. The van der Waals surface area contributed by atoms with Crippen LogP contribution in [0.5, 0.6) is 0 Å². The number of aryl methyl sites for hydroxylation is 1. The second-order valence-electron chi connectivity index (χ2n) is 3.20. The fraction of sp³-hybridized carbons (Fsp3) is 0.111. The summed E-state index contributed by atoms with van der Waals surface area (Å²) in [4.78, 5) is 31.8. The summed E-state index contributed by atoms with van der Waals surface area (Å²) in [7, 11) is 0. The molecule has 4 N–H and O–H groups in total. The van der Waals surface area contributed by atoms with Crippen molar-refractivity contribution in [3.8, 4) is 0 Å². The van der Waals surface area contributed by atoms with E-state index in [1.807, 2.05) is 10.9 Å². The lowest BCUT2D eigenvalue weighted by atomic mass is 10.1. The van der Waals surface area contributed by atoms with E-state index in [4.69, 9.17) is 5.73 Å². The van der Waals surface area contributed by atoms with Crippen LogP contribution in [0.1, 0.15) is 15.9 Å². The van der Waals surface area contributed by atoms with E-state index >= 15 is 0 Å². The summed E-state index contributed by atoms with van der Waals surface area (Å²) in [5, 5.41) is 10.5. The number of hydrogen-bond acceptors (Lipinski definition) is 4. The van der Waals surface area contributed by atoms with Gasteiger partial charge < -0.3 is 5.73 Å². The molecule has 0 saturated heterocycles. The number of carbonyl (C=O) groups is 2. The van der Waals surface area contributed by atoms with E-state index in [1.54, 1.807) is 6.92 Å². The van der Waals surface area contributed by atoms with E-state index < -0.39 is 16.9 Å². The first-order valence-electron chi connectivity index (χ1n) is 4.52. The topological polar surface area (TPSA) is 127 Å². The van der Waals surface area contributed by atoms with Gasteiger partial charge in [-0.1, -0.05) is 6.07 Å². The van der Waals surface area contributed by atoms with Crippen LogP contribution in [0.2, 0.25) is 0 Å². The van der Waals surface area contributed by atoms with Crippen molar-refractivity contribution in [2.75, 3.05) is 0 Å². The van der Waals surface area contributed by atoms with Crippen molar-refractivity contribution >= 4 is 17.6 Å². The van der Waals surface area contributed by atoms with Gasteiger partial charge in [0.05, 0.1) is 10.5 Å². The number of nitro groups is 1. The molecule has 0 spiro atoms. The molecule has 8 heteroatoms. The van der Waals surface area contributed by atoms with E-state index in [1.165, 1.54) is 12.1 Å². The number of non-ortho nitro benzene ring substituents is 1. The van der Waals surface area contributed by atoms with Gasteiger partial charge in [-0.05, 0) is 12.5 Å². The summed E-state index contributed by atoms with van der Waals surface area (Å²) in [5.41, 5.74) is 9.09. The number of benzene rings is 1. The molecule has 17 heavy (non-hydrogen) atoms. The second kappa shape index (κ2) is 4.92. The van der Waals surface area contributed by atoms with Crippen molar-refractivity contribution in [3.63, 3.8) is 0 Å². The van der Waals surface area contributed by atoms with E-state index in [2.05, 4.69) is 0 Å². The highest BCUT2D eigenvalue weighted by Crippen LogP contribution is 2.16. The molecule has 1 aromatic rings. The Morgan fingerprint density at radius 3 is 2.53 bits per heavy atom. The molecule has 3 amide bonds. The van der Waals surface area contributed by atoms with Crippen molar-refractivity contribution < 1.29 is 14.5 Å². The number of nitrogens with two attached hydrogens (primary N) is 1. The van der Waals surface area contributed by atoms with E-state index in [0.717, 1.165) is 6.07 Å². The fourth-order valence-corrected chi connectivity index (χ4v) is 1.15. The summed E-state index contributed by atoms with van der Waals surface area (Å²) < 4.78 is 0. The number of primary amides is 1. The van der Waals surface area contributed by atoms with Crippen molar-refractivity contribution in [2.24, 2.45) is 5.73 Å². The maximum atomic E-state index is 11.5. The van der Waals surface area contributed by atoms with Crippen LogP contribution in [-0.2, 0) is 0 Å². The summed E-state index contributed by atoms with van der Waals surface area (Å²) in [6.45, 7) is 1.61. The standard InChI is InChI=1S/C9H10N4O4/c1-5-2-3-6(13(16)17)4-7(5)8(14)11-12-9(10)15/h2-4H,1H3,(H,11,14)(H3,10,12,15). The van der Waals surface area contributed by atoms with Crippen LogP contribution in [0, 0.1) is 17.0 Å². The Bertz CT molecular complexity index is 486. The quantitative estimate of drug-likeness (QED) is 0.502. The Kier molecular flexibility index (Phi) is 3.60. The fourth-order valence-electron chi connectivity index (χ4n) is 1.15. The van der Waals surface area contributed by atoms with E-state index in [-0.39, 0.29) is 11.3 Å². The maximum absolute atomic E-state index is 11.5. The third-order valence-corrected chi connectivity index (χ3v) is 1.98. The number of hydrazine groups is 1. The van der Waals surface area contributed by atoms with Gasteiger partial charge in [0.15, 0.2) is 0 Å². The lowest BCUT2D eigenvalue weighted by molar-refractivity contribution is -0.384. The molecule has 0 aromatic heterocycles. The van der Waals surface area contributed by atoms with Crippen molar-refractivity contribution in [2.45, 2.75) is 6.92 Å². The average Bonchev–Trinajstić information content (AvgIpc) is 2.26. The van der Waals surface area contributed by atoms with Crippen LogP contribution in [0.15, 0.2) is 18.2 Å². The molecule has 0 radical (unpaired) electrons. The number of nitro benzene ring substituents is 1. The Balaban J connectivity index is 2.95. The number of hydrogen-bond donors (Lipinski definition) is 3. The third kappa shape index (κ3) is 3.16. The summed E-state index contributed by atoms with van der Waals surface area (Å²) in [5.74, 6) is -0.676. The summed E-state index contributed by atoms with van der Waals surface area (Å²) >= 11 is 0. The molecule has 8 nitrogen and oxygen atoms in total. The number of nitrogens with one attached hydrogen (secondary N) is 2. The van der Waals surface area contributed by atoms with Gasteiger partial charge in [-0.2, -0.15) is 0 Å². The zero-order valence-corrected chi connectivity index (χ0v) is 8.89. The van der Waals surface area contributed by atoms with Crippen molar-refractivity contribution in [1.82, 2.24) is 10.9 Å². The van der Waals surface area contributed by atoms with Gasteiger partial charge in [-0.15, -0.1) is 0 Å². The van der Waals surface area contributed by atoms with Gasteiger partial charge >= 0.3 is 6.03 Å². The number of nitrogens with zero attached hydrogens (tertiary/aromatic N) is 1. The normalized spacial score (nSPS) is 9.47. The van der Waals surface area contributed by atoms with Crippen LogP contribution < -0.4 is 16.6 Å². The molecule has 0 fully saturated rings. The van der Waals surface area contributed by atoms with Gasteiger partial charge in [0.25, 0.3) is 11.6 Å². The van der Waals surface area contributed by atoms with Crippen LogP contribution in [0.25, 0.3) is 0 Å². The minimum absolute atomic E-state index is 0.0907. The predicted octanol–water partition coefficient (Wildman–Crippen LogP) is 0.216. The van der Waals surface area contributed by atoms with E-state index in [0.29, 0.717) is 5.56 Å². The van der Waals surface area contributed by atoms with E-state index in [9.17, 15) is 19.7 Å². The van der Waals surface area contributed by atoms with Gasteiger partial charge in [0.1, 0.15) is 0 Å². The highest BCUT2D eigenvalue weighted by Gasteiger charge is 2.14. The molecule has 0 unspecified atom stereocenters. The van der Waals surface area contributed by atoms with Crippen LogP contribution in [0.4, 0.5) is 10.5 Å². The number of carbonyl (C=O) groups excluding carboxylic acids is 2. The molecule has 0 aliphatic rings. The summed E-state index contributed by atoms with van der Waals surface area (Å²) in [6, 6.07) is 2.92. The van der Waals surface area contributed by atoms with Crippen molar-refractivity contribution in [1.29, 1.82) is 0 Å². The first kappa shape index (κ1) is 12.4. The van der Waals surface area contributed by atoms with Crippen LogP contribution in [-0.4, -0.2) is 16.9 Å². The molecule has 0 aliphatic carbocycles. The zero-order chi connectivity index (χ0) is 13.0. The third-order valence-electron chi connectivity index (χ3n) is 1.98. The minimum atomic E-state index is -0.929. The smallest absolute Gasteiger partial charge is 0.330 e. The monoisotopic (exact) mass is 238 g/mol. The highest BCUT2D eigenvalue weighted by atomic mass is 16.6. The Morgan fingerprint density at radius 2 is 2.00 bits per heavy atom. The zero-order valence-electron chi connectivity index (χ0n) is 8.89. The predicted molar refractivity (Wildman–Crippen MR) is 58.0 cm³/mol. The highest BCUT2D eigenvalue weighted by molar-refractivity contribution is 5.97. The van der Waals surface area contributed by atoms with Crippen LogP contribution in [0.3, 0.4) is 0 Å². The molecular weight excluding hydrogens is 228 g/mol. The minimum Gasteiger partial charge on any atom is -0.350 e. The Labute approximate surface area is 95.9 Å². The lowest BCUT2D eigenvalue weighted by Crippen LogP contribution is -2.44. The number of rotatable bonds is 2. The number of urea groups is 1. The van der Waals surface area contributed by atoms with Crippen LogP contribution >= 0.6 is 0 Å². The van der Waals surface area contributed by atoms with Gasteiger partial charge in [0, 0.05) is 12.1 Å². The molecule has 1 aromatic carbocycles. The molecule has 1 rings (SSSR count). The average molecular weight is 238 g/mol. The Hall–Kier alpha value is -2.64. The molecule has 0 aliphatic heterocycles. The second-order valence-corrected chi connectivity index (χ2v) is 3.20. The number of amides is 3. The molecular formula is C9H10N4O4. The molecule has 90 valence electrons. The summed E-state index contributed by atoms with van der Waals surface area (Å²) in [6.07, 6.45) is 0. The van der Waals surface area contributed by atoms with Gasteiger partial charge in [0.2, 0.25) is 0 Å². The first-order chi connectivity index (χ1) is 7.91. The Morgan fingerprint density at radius 1 is 1.35 bits per heavy atom. The first-order valence-corrected chi connectivity index (χ1v) is 4.52. The molecule has 0 bridgehead atoms. The van der Waals surface area contributed by atoms with Crippen molar-refractivity contribution in [3.05, 3.63) is 39.4 Å². The lowest BCUT2D eigenvalue weighted by Gasteiger charge is -2.06. The maximum Gasteiger partial charge on any atom is 0.330 e. The molecule has 0 heterocycles. The van der Waals surface area contributed by atoms with Gasteiger partial charge in [-0.25, -0.2) is 10.2 Å². The molecule has 0 saturated carbocycles. The molecule has 0 atom stereocenters. The largest absolute Gasteiger partial charge is 0.350 e.